The van der Waals surface area contributed by atoms with Crippen LogP contribution in [0.15, 0.2) is 83.3 Å². The topological polar surface area (TPSA) is 86.5 Å². The summed E-state index contributed by atoms with van der Waals surface area (Å²) in [6.45, 7) is 0. The second-order valence-corrected chi connectivity index (χ2v) is 6.80. The highest BCUT2D eigenvalue weighted by atomic mass is 79.9. The number of carbonyl (C=O) groups excluding carboxylic acids is 2. The summed E-state index contributed by atoms with van der Waals surface area (Å²) >= 11 is 3.30. The van der Waals surface area contributed by atoms with Crippen LogP contribution in [-0.4, -0.2) is 16.7 Å². The summed E-state index contributed by atoms with van der Waals surface area (Å²) in [5.74, 6) is -0.479. The lowest BCUT2D eigenvalue weighted by atomic mass is 10.1. The number of nitro benzene ring substituents is 1. The normalized spacial score (nSPS) is 10.7. The van der Waals surface area contributed by atoms with Gasteiger partial charge in [-0.1, -0.05) is 30.3 Å². The monoisotopic (exact) mass is 451 g/mol. The number of hydrogen-bond donors (Lipinski definition) is 0. The van der Waals surface area contributed by atoms with E-state index in [0.29, 0.717) is 26.9 Å². The minimum atomic E-state index is -0.512. The first-order valence-electron chi connectivity index (χ1n) is 8.48. The Balaban J connectivity index is 1.67. The first kappa shape index (κ1) is 20.2. The number of rotatable bonds is 6. The van der Waals surface area contributed by atoms with Crippen LogP contribution in [0.1, 0.15) is 26.3 Å². The number of ether oxygens (including phenoxy) is 1. The molecule has 3 aromatic carbocycles. The Kier molecular flexibility index (Phi) is 6.31. The van der Waals surface area contributed by atoms with Crippen molar-refractivity contribution in [1.82, 2.24) is 0 Å². The molecule has 0 radical (unpaired) electrons. The fourth-order valence-electron chi connectivity index (χ4n) is 2.49. The van der Waals surface area contributed by atoms with Gasteiger partial charge in [-0.25, -0.2) is 4.79 Å². The molecule has 144 valence electrons. The number of non-ortho nitro benzene ring substituents is 1. The van der Waals surface area contributed by atoms with Gasteiger partial charge in [0.25, 0.3) is 5.69 Å². The Morgan fingerprint density at radius 3 is 2.38 bits per heavy atom. The fourth-order valence-corrected chi connectivity index (χ4v) is 2.93. The minimum Gasteiger partial charge on any atom is -0.423 e. The third-order valence-electron chi connectivity index (χ3n) is 3.95. The highest BCUT2D eigenvalue weighted by molar-refractivity contribution is 9.10. The second kappa shape index (κ2) is 9.07. The van der Waals surface area contributed by atoms with Gasteiger partial charge in [-0.15, -0.1) is 0 Å². The molecule has 3 aromatic rings. The van der Waals surface area contributed by atoms with Crippen LogP contribution in [0.25, 0.3) is 6.08 Å². The third-order valence-corrected chi connectivity index (χ3v) is 4.64. The number of hydrogen-bond acceptors (Lipinski definition) is 5. The van der Waals surface area contributed by atoms with E-state index in [9.17, 15) is 19.7 Å². The Morgan fingerprint density at radius 1 is 0.966 bits per heavy atom. The largest absolute Gasteiger partial charge is 0.423 e. The number of carbonyl (C=O) groups is 2. The van der Waals surface area contributed by atoms with Crippen LogP contribution in [-0.2, 0) is 0 Å². The molecule has 0 fully saturated rings. The standard InChI is InChI=1S/C22H14BrNO5/c23-20-7-2-1-6-19(20)22(26)29-18-11-9-16(10-12-18)21(25)13-8-15-4-3-5-17(14-15)24(27)28/h1-14H/b13-8+. The summed E-state index contributed by atoms with van der Waals surface area (Å²) in [7, 11) is 0. The molecule has 0 aliphatic carbocycles. The van der Waals surface area contributed by atoms with Crippen molar-refractivity contribution in [2.45, 2.75) is 0 Å². The van der Waals surface area contributed by atoms with Gasteiger partial charge in [0.05, 0.1) is 10.5 Å². The lowest BCUT2D eigenvalue weighted by Gasteiger charge is -2.06. The van der Waals surface area contributed by atoms with E-state index in [1.807, 2.05) is 0 Å². The molecule has 0 amide bonds. The van der Waals surface area contributed by atoms with Gasteiger partial charge >= 0.3 is 5.97 Å². The van der Waals surface area contributed by atoms with Crippen molar-refractivity contribution < 1.29 is 19.2 Å². The van der Waals surface area contributed by atoms with Gasteiger partial charge < -0.3 is 4.74 Å². The van der Waals surface area contributed by atoms with Crippen LogP contribution >= 0.6 is 15.9 Å². The summed E-state index contributed by atoms with van der Waals surface area (Å²) in [6, 6.07) is 19.0. The third kappa shape index (κ3) is 5.24. The van der Waals surface area contributed by atoms with E-state index in [0.717, 1.165) is 0 Å². The van der Waals surface area contributed by atoms with Crippen molar-refractivity contribution in [3.8, 4) is 5.75 Å². The maximum atomic E-state index is 12.3. The van der Waals surface area contributed by atoms with E-state index in [4.69, 9.17) is 4.74 Å². The average Bonchev–Trinajstić information content (AvgIpc) is 2.73. The fraction of sp³-hybridized carbons (Fsp3) is 0. The van der Waals surface area contributed by atoms with Crippen LogP contribution < -0.4 is 4.74 Å². The van der Waals surface area contributed by atoms with Crippen molar-refractivity contribution >= 4 is 39.4 Å². The van der Waals surface area contributed by atoms with Crippen molar-refractivity contribution in [1.29, 1.82) is 0 Å². The molecule has 29 heavy (non-hydrogen) atoms. The van der Waals surface area contributed by atoms with Crippen molar-refractivity contribution in [3.05, 3.63) is 110 Å². The van der Waals surface area contributed by atoms with Crippen molar-refractivity contribution in [2.75, 3.05) is 0 Å². The zero-order valence-corrected chi connectivity index (χ0v) is 16.5. The molecular weight excluding hydrogens is 438 g/mol. The molecular formula is C22H14BrNO5. The zero-order chi connectivity index (χ0) is 20.8. The summed E-state index contributed by atoms with van der Waals surface area (Å²) in [5, 5.41) is 10.8. The Bertz CT molecular complexity index is 1110. The van der Waals surface area contributed by atoms with E-state index < -0.39 is 10.9 Å². The number of allylic oxidation sites excluding steroid dienone is 1. The molecule has 0 heterocycles. The highest BCUT2D eigenvalue weighted by Crippen LogP contribution is 2.20. The molecule has 0 saturated carbocycles. The molecule has 0 aliphatic heterocycles. The summed E-state index contributed by atoms with van der Waals surface area (Å²) in [6.07, 6.45) is 2.84. The molecule has 3 rings (SSSR count). The smallest absolute Gasteiger partial charge is 0.344 e. The maximum Gasteiger partial charge on any atom is 0.344 e. The highest BCUT2D eigenvalue weighted by Gasteiger charge is 2.12. The molecule has 0 saturated heterocycles. The SMILES string of the molecule is O=C(/C=C/c1cccc([N+](=O)[O-])c1)c1ccc(OC(=O)c2ccccc2Br)cc1. The molecule has 0 unspecified atom stereocenters. The minimum absolute atomic E-state index is 0.0455. The summed E-state index contributed by atoms with van der Waals surface area (Å²) in [5.41, 5.74) is 1.29. The molecule has 0 bridgehead atoms. The van der Waals surface area contributed by atoms with Crippen molar-refractivity contribution in [3.63, 3.8) is 0 Å². The first-order chi connectivity index (χ1) is 13.9. The van der Waals surface area contributed by atoms with E-state index in [2.05, 4.69) is 15.9 Å². The van der Waals surface area contributed by atoms with Crippen LogP contribution in [0.3, 0.4) is 0 Å². The second-order valence-electron chi connectivity index (χ2n) is 5.94. The van der Waals surface area contributed by atoms with Crippen LogP contribution in [0.5, 0.6) is 5.75 Å². The maximum absolute atomic E-state index is 12.3. The molecule has 0 N–H and O–H groups in total. The predicted octanol–water partition coefficient (Wildman–Crippen LogP) is 5.47. The van der Waals surface area contributed by atoms with E-state index >= 15 is 0 Å². The average molecular weight is 452 g/mol. The molecule has 0 aromatic heterocycles. The van der Waals surface area contributed by atoms with Gasteiger partial charge in [0.2, 0.25) is 0 Å². The Morgan fingerprint density at radius 2 is 1.69 bits per heavy atom. The molecule has 0 atom stereocenters. The number of benzene rings is 3. The molecule has 7 heteroatoms. The van der Waals surface area contributed by atoms with Gasteiger partial charge in [0, 0.05) is 22.2 Å². The van der Waals surface area contributed by atoms with Crippen LogP contribution in [0.4, 0.5) is 5.69 Å². The molecule has 0 aliphatic rings. The number of halogens is 1. The molecule has 6 nitrogen and oxygen atoms in total. The Labute approximate surface area is 174 Å². The van der Waals surface area contributed by atoms with Gasteiger partial charge in [0.1, 0.15) is 5.75 Å². The zero-order valence-electron chi connectivity index (χ0n) is 14.9. The number of esters is 1. The first-order valence-corrected chi connectivity index (χ1v) is 9.27. The molecule has 0 spiro atoms. The lowest BCUT2D eigenvalue weighted by molar-refractivity contribution is -0.384. The predicted molar refractivity (Wildman–Crippen MR) is 112 cm³/mol. The van der Waals surface area contributed by atoms with Gasteiger partial charge in [-0.05, 0) is 64.0 Å². The summed E-state index contributed by atoms with van der Waals surface area (Å²) in [4.78, 5) is 34.8. The lowest BCUT2D eigenvalue weighted by Crippen LogP contribution is -2.09. The van der Waals surface area contributed by atoms with Gasteiger partial charge in [0.15, 0.2) is 5.78 Å². The number of ketones is 1. The Hall–Kier alpha value is -3.58. The van der Waals surface area contributed by atoms with E-state index in [-0.39, 0.29) is 11.5 Å². The van der Waals surface area contributed by atoms with E-state index in [1.54, 1.807) is 48.5 Å². The van der Waals surface area contributed by atoms with Crippen LogP contribution in [0.2, 0.25) is 0 Å². The van der Waals surface area contributed by atoms with Crippen molar-refractivity contribution in [2.24, 2.45) is 0 Å². The van der Waals surface area contributed by atoms with Crippen LogP contribution in [0, 0.1) is 10.1 Å². The quantitative estimate of drug-likeness (QED) is 0.124. The van der Waals surface area contributed by atoms with Gasteiger partial charge in [-0.3, -0.25) is 14.9 Å². The number of nitrogens with zero attached hydrogens (tertiary/aromatic N) is 1. The van der Waals surface area contributed by atoms with Gasteiger partial charge in [-0.2, -0.15) is 0 Å². The van der Waals surface area contributed by atoms with E-state index in [1.165, 1.54) is 36.4 Å². The number of nitro groups is 1. The summed E-state index contributed by atoms with van der Waals surface area (Å²) < 4.78 is 5.95.